The summed E-state index contributed by atoms with van der Waals surface area (Å²) >= 11 is 0. The van der Waals surface area contributed by atoms with Gasteiger partial charge in [0.1, 0.15) is 12.2 Å². The predicted molar refractivity (Wildman–Crippen MR) is 100 cm³/mol. The standard InChI is InChI=1S/C15H19F3O4.C6H12O2/c1-4-13(2,3)11(19)21-9-7-5-8-10(9)22-12(20)14(8,6-7)15(16,17)18;1-4-6(2,3)5(7)8/h7-10H,4-6H2,1-3H3;4H2,1-3H3,(H,7,8). The maximum absolute atomic E-state index is 13.4. The van der Waals surface area contributed by atoms with Gasteiger partial charge in [-0.2, -0.15) is 13.2 Å². The highest BCUT2D eigenvalue weighted by atomic mass is 19.4. The van der Waals surface area contributed by atoms with Gasteiger partial charge in [0.25, 0.3) is 0 Å². The summed E-state index contributed by atoms with van der Waals surface area (Å²) in [7, 11) is 0. The number of esters is 2. The maximum atomic E-state index is 13.4. The van der Waals surface area contributed by atoms with Gasteiger partial charge in [-0.3, -0.25) is 14.4 Å². The van der Waals surface area contributed by atoms with E-state index in [0.717, 1.165) is 0 Å². The molecule has 2 bridgehead atoms. The van der Waals surface area contributed by atoms with E-state index >= 15 is 0 Å². The van der Waals surface area contributed by atoms with Crippen LogP contribution < -0.4 is 0 Å². The molecule has 2 aliphatic carbocycles. The van der Waals surface area contributed by atoms with Gasteiger partial charge in [-0.1, -0.05) is 13.8 Å². The lowest BCUT2D eigenvalue weighted by Gasteiger charge is -2.34. The van der Waals surface area contributed by atoms with Gasteiger partial charge in [-0.25, -0.2) is 0 Å². The number of carbonyl (C=O) groups is 3. The highest BCUT2D eigenvalue weighted by Crippen LogP contribution is 2.67. The number of hydrogen-bond acceptors (Lipinski definition) is 5. The Morgan fingerprint density at radius 3 is 2.07 bits per heavy atom. The van der Waals surface area contributed by atoms with Crippen molar-refractivity contribution in [2.24, 2.45) is 28.1 Å². The summed E-state index contributed by atoms with van der Waals surface area (Å²) in [6.45, 7) is 10.6. The number of rotatable bonds is 5. The molecule has 5 unspecified atom stereocenters. The molecule has 0 spiro atoms. The lowest BCUT2D eigenvalue weighted by Crippen LogP contribution is -2.49. The maximum Gasteiger partial charge on any atom is 0.405 e. The summed E-state index contributed by atoms with van der Waals surface area (Å²) in [5.74, 6) is -3.76. The Kier molecular flexibility index (Phi) is 6.29. The number of alkyl halides is 3. The second-order valence-corrected chi connectivity index (χ2v) is 9.80. The van der Waals surface area contributed by atoms with Crippen molar-refractivity contribution in [1.29, 1.82) is 0 Å². The zero-order valence-electron chi connectivity index (χ0n) is 18.3. The monoisotopic (exact) mass is 436 g/mol. The lowest BCUT2D eigenvalue weighted by atomic mass is 9.73. The Morgan fingerprint density at radius 1 is 1.13 bits per heavy atom. The molecule has 2 saturated carbocycles. The van der Waals surface area contributed by atoms with Crippen LogP contribution in [0.25, 0.3) is 0 Å². The molecular weight excluding hydrogens is 405 g/mol. The van der Waals surface area contributed by atoms with Crippen molar-refractivity contribution < 1.29 is 42.1 Å². The quantitative estimate of drug-likeness (QED) is 0.645. The van der Waals surface area contributed by atoms with Crippen LogP contribution in [0.2, 0.25) is 0 Å². The minimum absolute atomic E-state index is 0.223. The third-order valence-electron chi connectivity index (χ3n) is 7.21. The van der Waals surface area contributed by atoms with E-state index in [0.29, 0.717) is 12.8 Å². The summed E-state index contributed by atoms with van der Waals surface area (Å²) in [6, 6.07) is 0. The highest BCUT2D eigenvalue weighted by molar-refractivity contribution is 5.83. The zero-order valence-corrected chi connectivity index (χ0v) is 18.3. The second kappa shape index (κ2) is 7.71. The van der Waals surface area contributed by atoms with Crippen LogP contribution in [0.5, 0.6) is 0 Å². The summed E-state index contributed by atoms with van der Waals surface area (Å²) in [5.41, 5.74) is -3.63. The Labute approximate surface area is 174 Å². The van der Waals surface area contributed by atoms with E-state index in [9.17, 15) is 27.6 Å². The normalized spacial score (nSPS) is 32.4. The number of carbonyl (C=O) groups excluding carboxylic acids is 2. The summed E-state index contributed by atoms with van der Waals surface area (Å²) in [4.78, 5) is 34.3. The van der Waals surface area contributed by atoms with Gasteiger partial charge in [0.05, 0.1) is 10.8 Å². The van der Waals surface area contributed by atoms with Crippen molar-refractivity contribution in [2.75, 3.05) is 0 Å². The van der Waals surface area contributed by atoms with Gasteiger partial charge in [0.2, 0.25) is 0 Å². The third-order valence-corrected chi connectivity index (χ3v) is 7.21. The molecule has 0 radical (unpaired) electrons. The number of carboxylic acid groups (broad SMARTS) is 1. The van der Waals surface area contributed by atoms with E-state index in [4.69, 9.17) is 14.6 Å². The summed E-state index contributed by atoms with van der Waals surface area (Å²) < 4.78 is 50.6. The van der Waals surface area contributed by atoms with Crippen molar-refractivity contribution in [3.05, 3.63) is 0 Å². The molecule has 30 heavy (non-hydrogen) atoms. The van der Waals surface area contributed by atoms with Gasteiger partial charge < -0.3 is 14.6 Å². The Hall–Kier alpha value is -1.80. The average molecular weight is 436 g/mol. The van der Waals surface area contributed by atoms with Crippen molar-refractivity contribution in [3.63, 3.8) is 0 Å². The molecule has 3 aliphatic rings. The fraction of sp³-hybridized carbons (Fsp3) is 0.857. The number of halogens is 3. The van der Waals surface area contributed by atoms with E-state index in [1.54, 1.807) is 27.7 Å². The topological polar surface area (TPSA) is 89.9 Å². The van der Waals surface area contributed by atoms with Gasteiger partial charge in [0.15, 0.2) is 5.41 Å². The van der Waals surface area contributed by atoms with Crippen LogP contribution in [-0.2, 0) is 23.9 Å². The zero-order chi connectivity index (χ0) is 23.3. The smallest absolute Gasteiger partial charge is 0.405 e. The van der Waals surface area contributed by atoms with Gasteiger partial charge in [0, 0.05) is 11.8 Å². The molecule has 0 aromatic heterocycles. The minimum Gasteiger partial charge on any atom is -0.481 e. The molecule has 3 rings (SSSR count). The molecule has 5 atom stereocenters. The molecule has 172 valence electrons. The molecule has 0 aromatic carbocycles. The number of ether oxygens (including phenoxy) is 2. The first kappa shape index (κ1) is 24.5. The predicted octanol–water partition coefficient (Wildman–Crippen LogP) is 4.36. The van der Waals surface area contributed by atoms with Crippen LogP contribution in [-0.4, -0.2) is 41.4 Å². The van der Waals surface area contributed by atoms with Gasteiger partial charge >= 0.3 is 24.1 Å². The van der Waals surface area contributed by atoms with Crippen LogP contribution in [0, 0.1) is 28.1 Å². The number of aliphatic carboxylic acids is 1. The van der Waals surface area contributed by atoms with Crippen molar-refractivity contribution in [3.8, 4) is 0 Å². The fourth-order valence-corrected chi connectivity index (χ4v) is 4.13. The first-order valence-corrected chi connectivity index (χ1v) is 10.3. The van der Waals surface area contributed by atoms with Crippen molar-refractivity contribution >= 4 is 17.9 Å². The van der Waals surface area contributed by atoms with Crippen LogP contribution in [0.3, 0.4) is 0 Å². The van der Waals surface area contributed by atoms with E-state index < -0.39 is 64.4 Å². The van der Waals surface area contributed by atoms with E-state index in [1.165, 1.54) is 0 Å². The molecule has 0 amide bonds. The van der Waals surface area contributed by atoms with Crippen molar-refractivity contribution in [2.45, 2.75) is 85.6 Å². The summed E-state index contributed by atoms with van der Waals surface area (Å²) in [6.07, 6.45) is -5.18. The molecule has 1 N–H and O–H groups in total. The fourth-order valence-electron chi connectivity index (χ4n) is 4.13. The van der Waals surface area contributed by atoms with E-state index in [2.05, 4.69) is 0 Å². The molecule has 3 fully saturated rings. The first-order valence-electron chi connectivity index (χ1n) is 10.3. The molecule has 6 nitrogen and oxygen atoms in total. The molecular formula is C21H31F3O6. The highest BCUT2D eigenvalue weighted by Gasteiger charge is 2.80. The molecule has 1 saturated heterocycles. The average Bonchev–Trinajstić information content (AvgIpc) is 3.24. The minimum atomic E-state index is -4.62. The SMILES string of the molecule is CCC(C)(C)C(=O)O.CCC(C)(C)C(=O)OC1C2CC3C1OC(=O)C3(C(F)(F)F)C2. The molecule has 1 aliphatic heterocycles. The first-order chi connectivity index (χ1) is 13.5. The third kappa shape index (κ3) is 3.80. The largest absolute Gasteiger partial charge is 0.481 e. The Bertz CT molecular complexity index is 714. The number of carboxylic acids is 1. The molecule has 9 heteroatoms. The van der Waals surface area contributed by atoms with E-state index in [-0.39, 0.29) is 12.8 Å². The Morgan fingerprint density at radius 2 is 1.67 bits per heavy atom. The molecule has 1 heterocycles. The van der Waals surface area contributed by atoms with Crippen LogP contribution in [0.4, 0.5) is 13.2 Å². The van der Waals surface area contributed by atoms with Crippen LogP contribution in [0.15, 0.2) is 0 Å². The van der Waals surface area contributed by atoms with Crippen LogP contribution >= 0.6 is 0 Å². The summed E-state index contributed by atoms with van der Waals surface area (Å²) in [5, 5.41) is 8.44. The van der Waals surface area contributed by atoms with Crippen molar-refractivity contribution in [1.82, 2.24) is 0 Å². The second-order valence-electron chi connectivity index (χ2n) is 9.80. The Balaban J connectivity index is 0.000000343. The lowest BCUT2D eigenvalue weighted by molar-refractivity contribution is -0.231. The van der Waals surface area contributed by atoms with Gasteiger partial charge in [-0.15, -0.1) is 0 Å². The van der Waals surface area contributed by atoms with E-state index in [1.807, 2.05) is 13.8 Å². The molecule has 0 aromatic rings. The number of fused-ring (bicyclic) bond motifs is 1. The van der Waals surface area contributed by atoms with Crippen LogP contribution in [0.1, 0.15) is 67.2 Å². The number of hydrogen-bond donors (Lipinski definition) is 1. The van der Waals surface area contributed by atoms with Gasteiger partial charge in [-0.05, 0) is 53.4 Å².